The summed E-state index contributed by atoms with van der Waals surface area (Å²) in [7, 11) is 0. The summed E-state index contributed by atoms with van der Waals surface area (Å²) in [6, 6.07) is 6.24. The van der Waals surface area contributed by atoms with E-state index in [1.807, 2.05) is 0 Å². The summed E-state index contributed by atoms with van der Waals surface area (Å²) in [5.74, 6) is 0. The van der Waals surface area contributed by atoms with E-state index >= 15 is 0 Å². The fraction of sp³-hybridized carbons (Fsp3) is 0. The molecule has 0 bridgehead atoms. The van der Waals surface area contributed by atoms with Gasteiger partial charge in [-0.15, -0.1) is 0 Å². The quantitative estimate of drug-likeness (QED) is 0.220. The molecule has 12 heavy (non-hydrogen) atoms. The third-order valence-electron chi connectivity index (χ3n) is 1.13. The van der Waals surface area contributed by atoms with E-state index in [1.54, 1.807) is 0 Å². The van der Waals surface area contributed by atoms with Crippen LogP contribution in [0.1, 0.15) is 0 Å². The Bertz CT molecular complexity index is 339. The Morgan fingerprint density at radius 1 is 1.67 bits per heavy atom. The third-order valence-corrected chi connectivity index (χ3v) is 1.13. The zero-order valence-corrected chi connectivity index (χ0v) is 5.84. The smallest absolute Gasteiger partial charge is 0.258 e. The number of non-ortho nitro benzene ring substituents is 1. The average molecular weight is 163 g/mol. The van der Waals surface area contributed by atoms with Gasteiger partial charge in [-0.25, -0.2) is 0 Å². The minimum atomic E-state index is -0.576. The molecule has 0 aromatic heterocycles. The molecule has 0 saturated heterocycles. The fourth-order valence-electron chi connectivity index (χ4n) is 0.662. The van der Waals surface area contributed by atoms with Crippen molar-refractivity contribution in [2.24, 2.45) is 5.11 Å². The normalized spacial score (nSPS) is 8.67. The highest BCUT2D eigenvalue weighted by atomic mass is 16.6. The zero-order chi connectivity index (χ0) is 8.97. The lowest BCUT2D eigenvalue weighted by atomic mass is 10.3. The Morgan fingerprint density at radius 2 is 2.42 bits per heavy atom. The molecule has 0 fully saturated rings. The highest BCUT2D eigenvalue weighted by molar-refractivity contribution is 5.45. The number of nitro groups is 1. The molecule has 0 saturated carbocycles. The number of nitrogens with zero attached hydrogens (tertiary/aromatic N) is 4. The second-order valence-electron chi connectivity index (χ2n) is 1.90. The molecule has 0 aliphatic carbocycles. The first-order valence-electron chi connectivity index (χ1n) is 2.94. The van der Waals surface area contributed by atoms with Gasteiger partial charge in [-0.1, -0.05) is 5.11 Å². The van der Waals surface area contributed by atoms with Gasteiger partial charge in [-0.2, -0.15) is 0 Å². The van der Waals surface area contributed by atoms with E-state index in [9.17, 15) is 10.1 Å². The SMILES string of the molecule is [N-]=[N+]=Nc1c[c]cc([N+](=O)[O-])c1. The molecule has 1 radical (unpaired) electrons. The van der Waals surface area contributed by atoms with Crippen molar-refractivity contribution in [1.29, 1.82) is 0 Å². The van der Waals surface area contributed by atoms with Gasteiger partial charge in [-0.05, 0) is 17.7 Å². The van der Waals surface area contributed by atoms with Crippen LogP contribution in [0.25, 0.3) is 10.4 Å². The number of benzene rings is 1. The predicted octanol–water partition coefficient (Wildman–Crippen LogP) is 2.34. The third kappa shape index (κ3) is 1.71. The Labute approximate surface area is 67.2 Å². The van der Waals surface area contributed by atoms with Crippen LogP contribution in [0.15, 0.2) is 23.3 Å². The Morgan fingerprint density at radius 3 is 3.00 bits per heavy atom. The van der Waals surface area contributed by atoms with E-state index in [4.69, 9.17) is 5.53 Å². The molecule has 6 nitrogen and oxygen atoms in total. The van der Waals surface area contributed by atoms with Crippen LogP contribution < -0.4 is 0 Å². The van der Waals surface area contributed by atoms with Crippen LogP contribution in [0.2, 0.25) is 0 Å². The molecule has 1 rings (SSSR count). The number of hydrogen-bond donors (Lipinski definition) is 0. The molecule has 0 aliphatic rings. The second-order valence-corrected chi connectivity index (χ2v) is 1.90. The van der Waals surface area contributed by atoms with E-state index in [0.717, 1.165) is 0 Å². The zero-order valence-electron chi connectivity index (χ0n) is 5.84. The summed E-state index contributed by atoms with van der Waals surface area (Å²) in [5.41, 5.74) is 8.07. The predicted molar refractivity (Wildman–Crippen MR) is 40.7 cm³/mol. The summed E-state index contributed by atoms with van der Waals surface area (Å²) >= 11 is 0. The van der Waals surface area contributed by atoms with Gasteiger partial charge < -0.3 is 0 Å². The van der Waals surface area contributed by atoms with Gasteiger partial charge in [0.1, 0.15) is 0 Å². The lowest BCUT2D eigenvalue weighted by molar-refractivity contribution is -0.384. The van der Waals surface area contributed by atoms with Crippen molar-refractivity contribution in [2.45, 2.75) is 0 Å². The van der Waals surface area contributed by atoms with Crippen molar-refractivity contribution in [3.63, 3.8) is 0 Å². The summed E-state index contributed by atoms with van der Waals surface area (Å²) in [6.07, 6.45) is 0. The van der Waals surface area contributed by atoms with Gasteiger partial charge in [0.2, 0.25) is 0 Å². The largest absolute Gasteiger partial charge is 0.270 e. The molecule has 0 N–H and O–H groups in total. The van der Waals surface area contributed by atoms with Crippen molar-refractivity contribution in [3.8, 4) is 0 Å². The van der Waals surface area contributed by atoms with Crippen LogP contribution >= 0.6 is 0 Å². The molecular formula is C6H3N4O2. The van der Waals surface area contributed by atoms with E-state index in [1.165, 1.54) is 18.2 Å². The number of hydrogen-bond acceptors (Lipinski definition) is 3. The first-order chi connectivity index (χ1) is 5.74. The van der Waals surface area contributed by atoms with Gasteiger partial charge >= 0.3 is 0 Å². The molecule has 1 aromatic rings. The van der Waals surface area contributed by atoms with Crippen molar-refractivity contribution in [1.82, 2.24) is 0 Å². The number of rotatable bonds is 2. The minimum Gasteiger partial charge on any atom is -0.258 e. The number of nitro benzene ring substituents is 1. The van der Waals surface area contributed by atoms with Crippen molar-refractivity contribution < 1.29 is 4.92 Å². The van der Waals surface area contributed by atoms with E-state index < -0.39 is 4.92 Å². The lowest BCUT2D eigenvalue weighted by Crippen LogP contribution is -1.85. The van der Waals surface area contributed by atoms with E-state index in [0.29, 0.717) is 0 Å². The Kier molecular flexibility index (Phi) is 2.25. The standard InChI is InChI=1S/C6H3N4O2/c7-9-8-5-2-1-3-6(4-5)10(11)12/h2-4H. The van der Waals surface area contributed by atoms with Gasteiger partial charge in [0.15, 0.2) is 0 Å². The van der Waals surface area contributed by atoms with Gasteiger partial charge in [0, 0.05) is 22.7 Å². The molecular weight excluding hydrogens is 160 g/mol. The molecule has 0 atom stereocenters. The van der Waals surface area contributed by atoms with Crippen LogP contribution in [0.4, 0.5) is 11.4 Å². The van der Waals surface area contributed by atoms with Crippen molar-refractivity contribution in [2.75, 3.05) is 0 Å². The van der Waals surface area contributed by atoms with Crippen LogP contribution in [-0.2, 0) is 0 Å². The lowest BCUT2D eigenvalue weighted by Gasteiger charge is -1.90. The van der Waals surface area contributed by atoms with E-state index in [-0.39, 0.29) is 11.4 Å². The van der Waals surface area contributed by atoms with Crippen molar-refractivity contribution in [3.05, 3.63) is 44.8 Å². The first kappa shape index (κ1) is 8.03. The monoisotopic (exact) mass is 163 g/mol. The molecule has 6 heteroatoms. The Balaban J connectivity index is 3.11. The first-order valence-corrected chi connectivity index (χ1v) is 2.94. The Hall–Kier alpha value is -2.07. The average Bonchev–Trinajstić information content (AvgIpc) is 2.05. The fourth-order valence-corrected chi connectivity index (χ4v) is 0.662. The minimum absolute atomic E-state index is 0.139. The van der Waals surface area contributed by atoms with Gasteiger partial charge in [-0.3, -0.25) is 10.1 Å². The summed E-state index contributed by atoms with van der Waals surface area (Å²) < 4.78 is 0. The van der Waals surface area contributed by atoms with Crippen LogP contribution in [0.5, 0.6) is 0 Å². The van der Waals surface area contributed by atoms with Crippen molar-refractivity contribution >= 4 is 11.4 Å². The molecule has 59 valence electrons. The molecule has 1 aromatic carbocycles. The highest BCUT2D eigenvalue weighted by Crippen LogP contribution is 2.18. The van der Waals surface area contributed by atoms with Crippen LogP contribution in [0, 0.1) is 16.2 Å². The molecule has 0 aliphatic heterocycles. The maximum absolute atomic E-state index is 10.2. The number of azide groups is 1. The van der Waals surface area contributed by atoms with Crippen LogP contribution in [0.3, 0.4) is 0 Å². The summed E-state index contributed by atoms with van der Waals surface area (Å²) in [5, 5.41) is 13.4. The highest BCUT2D eigenvalue weighted by Gasteiger charge is 2.03. The molecule has 0 heterocycles. The molecule has 0 unspecified atom stereocenters. The van der Waals surface area contributed by atoms with Gasteiger partial charge in [0.25, 0.3) is 5.69 Å². The summed E-state index contributed by atoms with van der Waals surface area (Å²) in [4.78, 5) is 12.1. The van der Waals surface area contributed by atoms with E-state index in [2.05, 4.69) is 16.1 Å². The van der Waals surface area contributed by atoms with Gasteiger partial charge in [0.05, 0.1) is 4.92 Å². The maximum Gasteiger partial charge on any atom is 0.270 e. The van der Waals surface area contributed by atoms with Crippen LogP contribution in [-0.4, -0.2) is 4.92 Å². The maximum atomic E-state index is 10.2. The molecule has 0 amide bonds. The summed E-state index contributed by atoms with van der Waals surface area (Å²) in [6.45, 7) is 0. The topological polar surface area (TPSA) is 91.9 Å². The molecule has 0 spiro atoms. The second kappa shape index (κ2) is 3.36.